The van der Waals surface area contributed by atoms with Crippen LogP contribution in [0.25, 0.3) is 0 Å². The number of methoxy groups -OCH3 is 1. The molecule has 0 aliphatic rings. The molecule has 1 rings (SSSR count). The van der Waals surface area contributed by atoms with E-state index in [0.29, 0.717) is 0 Å². The van der Waals surface area contributed by atoms with Crippen molar-refractivity contribution < 1.29 is 21.7 Å². The van der Waals surface area contributed by atoms with E-state index >= 15 is 0 Å². The van der Waals surface area contributed by atoms with Crippen LogP contribution in [-0.2, 0) is 12.8 Å². The van der Waals surface area contributed by atoms with Gasteiger partial charge in [0.25, 0.3) is 0 Å². The van der Waals surface area contributed by atoms with E-state index in [1.807, 2.05) is 6.07 Å². The summed E-state index contributed by atoms with van der Waals surface area (Å²) in [6.07, 6.45) is 4.56. The van der Waals surface area contributed by atoms with Crippen LogP contribution in [0.1, 0.15) is 37.8 Å². The molecule has 0 spiro atoms. The minimum atomic E-state index is 0. The van der Waals surface area contributed by atoms with Gasteiger partial charge < -0.3 is 21.7 Å². The third-order valence-electron chi connectivity index (χ3n) is 2.30. The molecular weight excluding hydrogens is 276 g/mol. The van der Waals surface area contributed by atoms with E-state index in [1.54, 1.807) is 7.11 Å². The zero-order valence-electron chi connectivity index (χ0n) is 10.5. The zero-order valence-corrected chi connectivity index (χ0v) is 13.5. The Morgan fingerprint density at radius 3 is 2.31 bits per heavy atom. The molecule has 0 unspecified atom stereocenters. The van der Waals surface area contributed by atoms with Gasteiger partial charge in [0.15, 0.2) is 0 Å². The molecule has 0 fully saturated rings. The molecule has 1 aromatic rings. The van der Waals surface area contributed by atoms with Crippen LogP contribution in [0, 0.1) is 6.07 Å². The monoisotopic (exact) mass is 294 g/mol. The van der Waals surface area contributed by atoms with Gasteiger partial charge in [0.2, 0.25) is 0 Å². The Morgan fingerprint density at radius 2 is 1.81 bits per heavy atom. The number of hydrogen-bond acceptors (Lipinski definition) is 1. The average molecular weight is 296 g/mol. The predicted octanol–water partition coefficient (Wildman–Crippen LogP) is 0.0236. The minimum absolute atomic E-state index is 0. The number of benzene rings is 1. The van der Waals surface area contributed by atoms with Gasteiger partial charge >= 0.3 is 23.1 Å². The number of aryl methyl sites for hydroxylation is 2. The van der Waals surface area contributed by atoms with Crippen molar-refractivity contribution in [3.8, 4) is 5.75 Å². The second-order valence-electron chi connectivity index (χ2n) is 3.57. The molecule has 0 saturated carbocycles. The Morgan fingerprint density at radius 1 is 1.19 bits per heavy atom. The van der Waals surface area contributed by atoms with Gasteiger partial charge in [-0.1, -0.05) is 39.5 Å². The molecule has 0 saturated heterocycles. The molecule has 0 aliphatic carbocycles. The van der Waals surface area contributed by atoms with Crippen LogP contribution >= 0.6 is 0 Å². The standard InChI is InChI=1S/C13H19O.BrH.Mg/c1-4-6-11-8-9-13(14-3)12(10-11)7-5-2;;/h8,10H,4-7H2,1-3H3;1H;/q-1;;+2/p-1. The second-order valence-corrected chi connectivity index (χ2v) is 3.57. The van der Waals surface area contributed by atoms with Crippen LogP contribution in [-0.4, -0.2) is 30.2 Å². The molecule has 0 amide bonds. The zero-order chi connectivity index (χ0) is 10.4. The smallest absolute Gasteiger partial charge is 1.00 e. The van der Waals surface area contributed by atoms with Crippen LogP contribution in [0.2, 0.25) is 0 Å². The first-order valence-corrected chi connectivity index (χ1v) is 5.39. The molecule has 0 aliphatic heterocycles. The second kappa shape index (κ2) is 10.4. The Bertz CT molecular complexity index is 289. The van der Waals surface area contributed by atoms with Crippen LogP contribution < -0.4 is 21.7 Å². The maximum absolute atomic E-state index is 5.28. The van der Waals surface area contributed by atoms with Gasteiger partial charge in [-0.25, -0.2) is 0 Å². The summed E-state index contributed by atoms with van der Waals surface area (Å²) in [6.45, 7) is 4.38. The van der Waals surface area contributed by atoms with Crippen molar-refractivity contribution in [1.29, 1.82) is 0 Å². The third kappa shape index (κ3) is 5.55. The van der Waals surface area contributed by atoms with E-state index in [9.17, 15) is 0 Å². The maximum Gasteiger partial charge on any atom is 2.00 e. The Balaban J connectivity index is 0. The minimum Gasteiger partial charge on any atom is -1.00 e. The summed E-state index contributed by atoms with van der Waals surface area (Å²) in [5, 5.41) is 0. The van der Waals surface area contributed by atoms with Gasteiger partial charge in [0.1, 0.15) is 0 Å². The fourth-order valence-electron chi connectivity index (χ4n) is 1.66. The molecule has 0 N–H and O–H groups in total. The molecule has 3 heteroatoms. The number of rotatable bonds is 5. The molecule has 16 heavy (non-hydrogen) atoms. The number of ether oxygens (including phenoxy) is 1. The van der Waals surface area contributed by atoms with Gasteiger partial charge in [0.05, 0.1) is 7.11 Å². The summed E-state index contributed by atoms with van der Waals surface area (Å²) in [7, 11) is 1.71. The molecule has 0 heterocycles. The summed E-state index contributed by atoms with van der Waals surface area (Å²) in [5.74, 6) is 0.909. The van der Waals surface area contributed by atoms with E-state index in [0.717, 1.165) is 25.0 Å². The van der Waals surface area contributed by atoms with E-state index in [-0.39, 0.29) is 40.0 Å². The molecular formula is C13H19BrMgO. The van der Waals surface area contributed by atoms with Crippen LogP contribution in [0.3, 0.4) is 0 Å². The van der Waals surface area contributed by atoms with E-state index in [4.69, 9.17) is 4.74 Å². The topological polar surface area (TPSA) is 9.23 Å². The van der Waals surface area contributed by atoms with E-state index in [1.165, 1.54) is 17.5 Å². The van der Waals surface area contributed by atoms with Gasteiger partial charge in [-0.15, -0.1) is 11.6 Å². The largest absolute Gasteiger partial charge is 2.00 e. The molecule has 0 bridgehead atoms. The summed E-state index contributed by atoms with van der Waals surface area (Å²) in [5.41, 5.74) is 2.66. The summed E-state index contributed by atoms with van der Waals surface area (Å²) < 4.78 is 5.28. The molecule has 86 valence electrons. The SMILES string of the molecule is CCCc1c[c-]c(OC)c(CCC)c1.[Br-].[Mg+2]. The van der Waals surface area contributed by atoms with Gasteiger partial charge in [-0.05, 0) is 0 Å². The van der Waals surface area contributed by atoms with Gasteiger partial charge in [0, 0.05) is 5.75 Å². The van der Waals surface area contributed by atoms with Crippen LogP contribution in [0.15, 0.2) is 12.1 Å². The first kappa shape index (κ1) is 18.6. The van der Waals surface area contributed by atoms with E-state index < -0.39 is 0 Å². The van der Waals surface area contributed by atoms with Crippen molar-refractivity contribution in [2.24, 2.45) is 0 Å². The molecule has 0 atom stereocenters. The van der Waals surface area contributed by atoms with Crippen molar-refractivity contribution in [3.05, 3.63) is 29.3 Å². The van der Waals surface area contributed by atoms with Crippen molar-refractivity contribution >= 4 is 23.1 Å². The first-order chi connectivity index (χ1) is 6.81. The summed E-state index contributed by atoms with van der Waals surface area (Å²) in [4.78, 5) is 0. The first-order valence-electron chi connectivity index (χ1n) is 5.39. The van der Waals surface area contributed by atoms with Crippen molar-refractivity contribution in [2.75, 3.05) is 7.11 Å². The van der Waals surface area contributed by atoms with Crippen LogP contribution in [0.4, 0.5) is 0 Å². The van der Waals surface area contributed by atoms with Gasteiger partial charge in [-0.3, -0.25) is 0 Å². The van der Waals surface area contributed by atoms with Crippen molar-refractivity contribution in [2.45, 2.75) is 39.5 Å². The van der Waals surface area contributed by atoms with Crippen LogP contribution in [0.5, 0.6) is 5.75 Å². The Kier molecular flexibility index (Phi) is 12.1. The maximum atomic E-state index is 5.28. The molecule has 1 nitrogen and oxygen atoms in total. The van der Waals surface area contributed by atoms with E-state index in [2.05, 4.69) is 26.0 Å². The molecule has 0 aromatic heterocycles. The summed E-state index contributed by atoms with van der Waals surface area (Å²) in [6, 6.07) is 7.50. The predicted molar refractivity (Wildman–Crippen MR) is 65.6 cm³/mol. The van der Waals surface area contributed by atoms with Crippen molar-refractivity contribution in [3.63, 3.8) is 0 Å². The number of halogens is 1. The Hall–Kier alpha value is 0.266. The normalized spacial score (nSPS) is 8.94. The quantitative estimate of drug-likeness (QED) is 0.550. The summed E-state index contributed by atoms with van der Waals surface area (Å²) >= 11 is 0. The Labute approximate surface area is 126 Å². The fourth-order valence-corrected chi connectivity index (χ4v) is 1.66. The average Bonchev–Trinajstić information content (AvgIpc) is 2.19. The van der Waals surface area contributed by atoms with Crippen molar-refractivity contribution in [1.82, 2.24) is 0 Å². The number of hydrogen-bond donors (Lipinski definition) is 0. The van der Waals surface area contributed by atoms with Gasteiger partial charge in [-0.2, -0.15) is 17.7 Å². The molecule has 0 radical (unpaired) electrons. The fraction of sp³-hybridized carbons (Fsp3) is 0.538. The molecule has 1 aromatic carbocycles. The third-order valence-corrected chi connectivity index (χ3v) is 2.30.